The second-order valence-electron chi connectivity index (χ2n) is 8.78. The molecule has 4 heteroatoms. The van der Waals surface area contributed by atoms with Crippen molar-refractivity contribution in [3.63, 3.8) is 0 Å². The summed E-state index contributed by atoms with van der Waals surface area (Å²) >= 11 is 0. The number of aryl methyl sites for hydroxylation is 2. The van der Waals surface area contributed by atoms with Crippen molar-refractivity contribution in [3.8, 4) is 5.75 Å². The number of carbonyl (C=O) groups is 1. The average molecular weight is 409 g/mol. The Bertz CT molecular complexity index is 839. The number of hydrogen-bond donors (Lipinski definition) is 1. The molecule has 0 radical (unpaired) electrons. The zero-order valence-electron chi connectivity index (χ0n) is 19.1. The molecule has 3 rings (SSSR count). The van der Waals surface area contributed by atoms with Crippen LogP contribution in [0.3, 0.4) is 0 Å². The van der Waals surface area contributed by atoms with Crippen LogP contribution in [-0.2, 0) is 4.79 Å². The van der Waals surface area contributed by atoms with Crippen LogP contribution in [0, 0.1) is 19.8 Å². The van der Waals surface area contributed by atoms with Crippen molar-refractivity contribution in [3.05, 3.63) is 59.2 Å². The molecule has 0 bridgehead atoms. The molecule has 4 nitrogen and oxygen atoms in total. The predicted molar refractivity (Wildman–Crippen MR) is 124 cm³/mol. The van der Waals surface area contributed by atoms with Crippen molar-refractivity contribution in [1.82, 2.24) is 5.32 Å². The van der Waals surface area contributed by atoms with Crippen molar-refractivity contribution in [2.75, 3.05) is 18.0 Å². The van der Waals surface area contributed by atoms with Crippen molar-refractivity contribution >= 4 is 11.6 Å². The van der Waals surface area contributed by atoms with Crippen LogP contribution >= 0.6 is 0 Å². The van der Waals surface area contributed by atoms with E-state index in [2.05, 4.69) is 54.4 Å². The van der Waals surface area contributed by atoms with Crippen LogP contribution in [0.5, 0.6) is 5.75 Å². The molecule has 1 aliphatic rings. The van der Waals surface area contributed by atoms with E-state index in [1.165, 1.54) is 24.1 Å². The summed E-state index contributed by atoms with van der Waals surface area (Å²) < 4.78 is 6.04. The number of nitrogens with zero attached hydrogens (tertiary/aromatic N) is 1. The lowest BCUT2D eigenvalue weighted by Gasteiger charge is -2.32. The molecule has 162 valence electrons. The highest BCUT2D eigenvalue weighted by molar-refractivity contribution is 5.81. The number of anilines is 1. The van der Waals surface area contributed by atoms with E-state index in [1.807, 2.05) is 32.9 Å². The summed E-state index contributed by atoms with van der Waals surface area (Å²) in [5.74, 6) is 1.53. The first-order valence-electron chi connectivity index (χ1n) is 11.3. The zero-order chi connectivity index (χ0) is 21.7. The molecule has 0 aromatic heterocycles. The first-order valence-corrected chi connectivity index (χ1v) is 11.3. The normalized spacial score (nSPS) is 16.8. The van der Waals surface area contributed by atoms with E-state index in [0.29, 0.717) is 6.42 Å². The number of amides is 1. The van der Waals surface area contributed by atoms with Gasteiger partial charge in [0.15, 0.2) is 6.10 Å². The maximum Gasteiger partial charge on any atom is 0.261 e. The van der Waals surface area contributed by atoms with E-state index in [0.717, 1.165) is 35.9 Å². The summed E-state index contributed by atoms with van der Waals surface area (Å²) in [6.07, 6.45) is 2.64. The van der Waals surface area contributed by atoms with Gasteiger partial charge in [-0.25, -0.2) is 0 Å². The summed E-state index contributed by atoms with van der Waals surface area (Å²) in [5, 5.41) is 3.13. The summed E-state index contributed by atoms with van der Waals surface area (Å²) in [7, 11) is 0. The number of ether oxygens (including phenoxy) is 1. The number of carbonyl (C=O) groups excluding carboxylic acids is 1. The molecular weight excluding hydrogens is 372 g/mol. The Labute approximate surface area is 181 Å². The highest BCUT2D eigenvalue weighted by atomic mass is 16.5. The van der Waals surface area contributed by atoms with E-state index >= 15 is 0 Å². The predicted octanol–water partition coefficient (Wildman–Crippen LogP) is 5.57. The number of nitrogens with one attached hydrogen (secondary N) is 1. The lowest BCUT2D eigenvalue weighted by Crippen LogP contribution is -2.39. The highest BCUT2D eigenvalue weighted by Gasteiger charge is 2.22. The minimum absolute atomic E-state index is 0.0651. The molecule has 2 aromatic carbocycles. The number of rotatable bonds is 7. The molecule has 2 atom stereocenters. The van der Waals surface area contributed by atoms with Crippen LogP contribution in [0.1, 0.15) is 62.8 Å². The largest absolute Gasteiger partial charge is 0.480 e. The van der Waals surface area contributed by atoms with Crippen LogP contribution in [0.15, 0.2) is 42.5 Å². The SMILES string of the molecule is CC[C@@H](Oc1ccc(C)cc1C)C(=O)N[C@H](C)c1ccc(N2CCC(C)CC2)cc1. The molecule has 1 heterocycles. The Hall–Kier alpha value is -2.49. The fourth-order valence-electron chi connectivity index (χ4n) is 4.04. The molecule has 0 saturated carbocycles. The van der Waals surface area contributed by atoms with Crippen LogP contribution in [0.2, 0.25) is 0 Å². The van der Waals surface area contributed by atoms with Gasteiger partial charge in [0.05, 0.1) is 6.04 Å². The standard InChI is InChI=1S/C26H36N2O2/c1-6-24(30-25-12-7-19(3)17-20(25)4)26(29)27-21(5)22-8-10-23(11-9-22)28-15-13-18(2)14-16-28/h7-12,17-18,21,24H,6,13-16H2,1-5H3,(H,27,29)/t21-,24-/m1/s1. The summed E-state index contributed by atoms with van der Waals surface area (Å²) in [6, 6.07) is 14.6. The number of benzene rings is 2. The lowest BCUT2D eigenvalue weighted by molar-refractivity contribution is -0.128. The smallest absolute Gasteiger partial charge is 0.261 e. The average Bonchev–Trinajstić information content (AvgIpc) is 2.74. The molecule has 2 aromatic rings. The fourth-order valence-corrected chi connectivity index (χ4v) is 4.04. The van der Waals surface area contributed by atoms with Gasteiger partial charge in [-0.3, -0.25) is 4.79 Å². The molecule has 0 aliphatic carbocycles. The maximum atomic E-state index is 12.8. The van der Waals surface area contributed by atoms with Gasteiger partial charge in [0.2, 0.25) is 0 Å². The van der Waals surface area contributed by atoms with Crippen LogP contribution in [-0.4, -0.2) is 25.1 Å². The molecular formula is C26H36N2O2. The third-order valence-corrected chi connectivity index (χ3v) is 6.16. The van der Waals surface area contributed by atoms with Gasteiger partial charge in [-0.05, 0) is 75.3 Å². The maximum absolute atomic E-state index is 12.8. The van der Waals surface area contributed by atoms with Crippen LogP contribution in [0.4, 0.5) is 5.69 Å². The molecule has 1 aliphatic heterocycles. The Morgan fingerprint density at radius 1 is 1.13 bits per heavy atom. The molecule has 0 spiro atoms. The van der Waals surface area contributed by atoms with Crippen molar-refractivity contribution < 1.29 is 9.53 Å². The Kier molecular flexibility index (Phi) is 7.41. The first-order chi connectivity index (χ1) is 14.4. The van der Waals surface area contributed by atoms with E-state index in [1.54, 1.807) is 0 Å². The van der Waals surface area contributed by atoms with Crippen molar-refractivity contribution in [2.24, 2.45) is 5.92 Å². The van der Waals surface area contributed by atoms with Gasteiger partial charge in [0, 0.05) is 18.8 Å². The third kappa shape index (κ3) is 5.56. The van der Waals surface area contributed by atoms with Gasteiger partial charge in [-0.15, -0.1) is 0 Å². The lowest BCUT2D eigenvalue weighted by atomic mass is 9.98. The Balaban J connectivity index is 1.59. The molecule has 1 N–H and O–H groups in total. The second-order valence-corrected chi connectivity index (χ2v) is 8.78. The van der Waals surface area contributed by atoms with Crippen molar-refractivity contribution in [1.29, 1.82) is 0 Å². The monoisotopic (exact) mass is 408 g/mol. The van der Waals surface area contributed by atoms with Gasteiger partial charge in [-0.2, -0.15) is 0 Å². The van der Waals surface area contributed by atoms with Crippen LogP contribution in [0.25, 0.3) is 0 Å². The van der Waals surface area contributed by atoms with Gasteiger partial charge in [-0.1, -0.05) is 43.7 Å². The minimum atomic E-state index is -0.497. The zero-order valence-corrected chi connectivity index (χ0v) is 19.1. The third-order valence-electron chi connectivity index (χ3n) is 6.16. The Morgan fingerprint density at radius 3 is 2.40 bits per heavy atom. The summed E-state index contributed by atoms with van der Waals surface area (Å²) in [6.45, 7) is 12.7. The number of hydrogen-bond acceptors (Lipinski definition) is 3. The Morgan fingerprint density at radius 2 is 1.80 bits per heavy atom. The minimum Gasteiger partial charge on any atom is -0.480 e. The fraction of sp³-hybridized carbons (Fsp3) is 0.500. The van der Waals surface area contributed by atoms with E-state index in [-0.39, 0.29) is 11.9 Å². The molecule has 0 unspecified atom stereocenters. The molecule has 1 fully saturated rings. The van der Waals surface area contributed by atoms with Crippen LogP contribution < -0.4 is 15.0 Å². The quantitative estimate of drug-likeness (QED) is 0.651. The van der Waals surface area contributed by atoms with Gasteiger partial charge in [0.1, 0.15) is 5.75 Å². The molecule has 1 amide bonds. The first kappa shape index (κ1) is 22.2. The van der Waals surface area contributed by atoms with E-state index < -0.39 is 6.10 Å². The number of piperidine rings is 1. The van der Waals surface area contributed by atoms with E-state index in [9.17, 15) is 4.79 Å². The molecule has 1 saturated heterocycles. The summed E-state index contributed by atoms with van der Waals surface area (Å²) in [5.41, 5.74) is 4.62. The van der Waals surface area contributed by atoms with Gasteiger partial charge < -0.3 is 15.0 Å². The topological polar surface area (TPSA) is 41.6 Å². The summed E-state index contributed by atoms with van der Waals surface area (Å²) in [4.78, 5) is 15.3. The second kappa shape index (κ2) is 10.0. The highest BCUT2D eigenvalue weighted by Crippen LogP contribution is 2.25. The van der Waals surface area contributed by atoms with E-state index in [4.69, 9.17) is 4.74 Å². The van der Waals surface area contributed by atoms with Gasteiger partial charge in [0.25, 0.3) is 5.91 Å². The van der Waals surface area contributed by atoms with Crippen molar-refractivity contribution in [2.45, 2.75) is 66.0 Å². The van der Waals surface area contributed by atoms with Gasteiger partial charge >= 0.3 is 0 Å². The molecule has 30 heavy (non-hydrogen) atoms.